The maximum absolute atomic E-state index is 4.10. The Morgan fingerprint density at radius 2 is 2.29 bits per heavy atom. The van der Waals surface area contributed by atoms with Gasteiger partial charge >= 0.3 is 0 Å². The van der Waals surface area contributed by atoms with Gasteiger partial charge in [-0.3, -0.25) is 10.9 Å². The van der Waals surface area contributed by atoms with Crippen LogP contribution in [0, 0.1) is 5.92 Å². The summed E-state index contributed by atoms with van der Waals surface area (Å²) in [4.78, 5) is 8.20. The lowest BCUT2D eigenvalue weighted by atomic mass is 10.0. The summed E-state index contributed by atoms with van der Waals surface area (Å²) in [6, 6.07) is 2.30. The van der Waals surface area contributed by atoms with Crippen molar-refractivity contribution in [1.82, 2.24) is 20.8 Å². The van der Waals surface area contributed by atoms with Crippen LogP contribution in [0.3, 0.4) is 0 Å². The largest absolute Gasteiger partial charge is 0.354 e. The number of nitrogens with zero attached hydrogens (tertiary/aromatic N) is 2. The Hall–Kier alpha value is -1.20. The van der Waals surface area contributed by atoms with Crippen LogP contribution in [0.5, 0.6) is 0 Å². The van der Waals surface area contributed by atoms with Gasteiger partial charge in [-0.15, -0.1) is 0 Å². The van der Waals surface area contributed by atoms with Gasteiger partial charge in [0.15, 0.2) is 0 Å². The lowest BCUT2D eigenvalue weighted by molar-refractivity contribution is 0.508. The van der Waals surface area contributed by atoms with Crippen LogP contribution >= 0.6 is 0 Å². The molecule has 1 aromatic rings. The molecule has 3 N–H and O–H groups in total. The minimum Gasteiger partial charge on any atom is -0.354 e. The topological polar surface area (TPSA) is 61.9 Å². The lowest BCUT2D eigenvalue weighted by Gasteiger charge is -2.13. The fourth-order valence-electron chi connectivity index (χ4n) is 1.51. The second-order valence-electron chi connectivity index (χ2n) is 3.53. The standard InChI is InChI=1S/C9H15N5/c1-7-8(6-13-14-7)5-12-9-10-3-2-4-11-9/h2-4,7-8,13-14H,5-6H2,1H3,(H,10,11,12). The van der Waals surface area contributed by atoms with Crippen LogP contribution in [0.1, 0.15) is 6.92 Å². The van der Waals surface area contributed by atoms with E-state index in [1.165, 1.54) is 0 Å². The molecule has 1 saturated heterocycles. The Balaban J connectivity index is 1.82. The molecular weight excluding hydrogens is 178 g/mol. The zero-order chi connectivity index (χ0) is 9.80. The van der Waals surface area contributed by atoms with Crippen LogP contribution < -0.4 is 16.2 Å². The normalized spacial score (nSPS) is 26.4. The molecule has 2 unspecified atom stereocenters. The van der Waals surface area contributed by atoms with E-state index < -0.39 is 0 Å². The summed E-state index contributed by atoms with van der Waals surface area (Å²) in [5.74, 6) is 1.28. The third-order valence-corrected chi connectivity index (χ3v) is 2.49. The van der Waals surface area contributed by atoms with Gasteiger partial charge in [0.2, 0.25) is 5.95 Å². The van der Waals surface area contributed by atoms with Crippen molar-refractivity contribution in [3.05, 3.63) is 18.5 Å². The summed E-state index contributed by atoms with van der Waals surface area (Å²) in [6.07, 6.45) is 3.48. The average Bonchev–Trinajstić information content (AvgIpc) is 2.63. The fourth-order valence-corrected chi connectivity index (χ4v) is 1.51. The minimum absolute atomic E-state index is 0.492. The summed E-state index contributed by atoms with van der Waals surface area (Å²) in [5, 5.41) is 3.21. The molecule has 0 spiro atoms. The van der Waals surface area contributed by atoms with Crippen LogP contribution in [0.4, 0.5) is 5.95 Å². The SMILES string of the molecule is CC1NNCC1CNc1ncccn1. The summed E-state index contributed by atoms with van der Waals surface area (Å²) < 4.78 is 0. The first-order valence-electron chi connectivity index (χ1n) is 4.85. The number of aromatic nitrogens is 2. The van der Waals surface area contributed by atoms with Gasteiger partial charge in [0.25, 0.3) is 0 Å². The van der Waals surface area contributed by atoms with Gasteiger partial charge in [-0.25, -0.2) is 9.97 Å². The van der Waals surface area contributed by atoms with Gasteiger partial charge in [0, 0.05) is 37.4 Å². The zero-order valence-electron chi connectivity index (χ0n) is 8.20. The first kappa shape index (κ1) is 9.36. The van der Waals surface area contributed by atoms with E-state index in [0.29, 0.717) is 17.9 Å². The highest BCUT2D eigenvalue weighted by molar-refractivity contribution is 5.22. The van der Waals surface area contributed by atoms with Crippen molar-refractivity contribution in [2.24, 2.45) is 5.92 Å². The second kappa shape index (κ2) is 4.34. The quantitative estimate of drug-likeness (QED) is 0.631. The molecule has 14 heavy (non-hydrogen) atoms. The highest BCUT2D eigenvalue weighted by Crippen LogP contribution is 2.07. The van der Waals surface area contributed by atoms with Crippen LogP contribution in [0.25, 0.3) is 0 Å². The molecule has 76 valence electrons. The molecule has 0 amide bonds. The zero-order valence-corrected chi connectivity index (χ0v) is 8.20. The molecule has 0 radical (unpaired) electrons. The predicted octanol–water partition coefficient (Wildman–Crippen LogP) is 0.001000. The summed E-state index contributed by atoms with van der Waals surface area (Å²) in [6.45, 7) is 4.05. The molecule has 1 aliphatic rings. The van der Waals surface area contributed by atoms with Crippen LogP contribution in [0.15, 0.2) is 18.5 Å². The third kappa shape index (κ3) is 2.18. The molecule has 2 rings (SSSR count). The van der Waals surface area contributed by atoms with Crippen molar-refractivity contribution in [2.45, 2.75) is 13.0 Å². The highest BCUT2D eigenvalue weighted by atomic mass is 15.4. The Kier molecular flexibility index (Phi) is 2.90. The first-order chi connectivity index (χ1) is 6.86. The van der Waals surface area contributed by atoms with Crippen LogP contribution in [-0.2, 0) is 0 Å². The number of rotatable bonds is 3. The molecule has 0 aromatic carbocycles. The molecule has 2 heterocycles. The molecule has 1 fully saturated rings. The maximum atomic E-state index is 4.10. The molecule has 5 nitrogen and oxygen atoms in total. The molecular formula is C9H15N5. The molecule has 2 atom stereocenters. The Morgan fingerprint density at radius 1 is 1.50 bits per heavy atom. The highest BCUT2D eigenvalue weighted by Gasteiger charge is 2.22. The number of hydrogen-bond acceptors (Lipinski definition) is 5. The van der Waals surface area contributed by atoms with Gasteiger partial charge < -0.3 is 5.32 Å². The molecule has 0 saturated carbocycles. The van der Waals surface area contributed by atoms with E-state index in [4.69, 9.17) is 0 Å². The van der Waals surface area contributed by atoms with Crippen molar-refractivity contribution in [1.29, 1.82) is 0 Å². The van der Waals surface area contributed by atoms with E-state index >= 15 is 0 Å². The molecule has 0 aliphatic carbocycles. The van der Waals surface area contributed by atoms with Crippen molar-refractivity contribution in [3.63, 3.8) is 0 Å². The van der Waals surface area contributed by atoms with Crippen molar-refractivity contribution >= 4 is 5.95 Å². The van der Waals surface area contributed by atoms with Crippen molar-refractivity contribution < 1.29 is 0 Å². The Morgan fingerprint density at radius 3 is 2.93 bits per heavy atom. The minimum atomic E-state index is 0.492. The van der Waals surface area contributed by atoms with Crippen LogP contribution in [0.2, 0.25) is 0 Å². The molecule has 1 aromatic heterocycles. The van der Waals surface area contributed by atoms with Gasteiger partial charge in [0.1, 0.15) is 0 Å². The average molecular weight is 193 g/mol. The number of hydrogen-bond donors (Lipinski definition) is 3. The number of hydrazine groups is 1. The molecule has 5 heteroatoms. The maximum Gasteiger partial charge on any atom is 0.222 e. The predicted molar refractivity (Wildman–Crippen MR) is 54.6 cm³/mol. The number of nitrogens with one attached hydrogen (secondary N) is 3. The van der Waals surface area contributed by atoms with Crippen LogP contribution in [-0.4, -0.2) is 29.1 Å². The summed E-state index contributed by atoms with van der Waals surface area (Å²) in [7, 11) is 0. The monoisotopic (exact) mass is 193 g/mol. The molecule has 0 bridgehead atoms. The third-order valence-electron chi connectivity index (χ3n) is 2.49. The van der Waals surface area contributed by atoms with Crippen molar-refractivity contribution in [2.75, 3.05) is 18.4 Å². The van der Waals surface area contributed by atoms with E-state index in [0.717, 1.165) is 13.1 Å². The lowest BCUT2D eigenvalue weighted by Crippen LogP contribution is -2.30. The van der Waals surface area contributed by atoms with Gasteiger partial charge in [-0.2, -0.15) is 0 Å². The van der Waals surface area contributed by atoms with E-state index in [-0.39, 0.29) is 0 Å². The van der Waals surface area contributed by atoms with E-state index in [2.05, 4.69) is 33.1 Å². The summed E-state index contributed by atoms with van der Waals surface area (Å²) in [5.41, 5.74) is 6.30. The summed E-state index contributed by atoms with van der Waals surface area (Å²) >= 11 is 0. The van der Waals surface area contributed by atoms with Gasteiger partial charge in [-0.1, -0.05) is 0 Å². The Labute approximate surface area is 83.3 Å². The smallest absolute Gasteiger partial charge is 0.222 e. The fraction of sp³-hybridized carbons (Fsp3) is 0.556. The first-order valence-corrected chi connectivity index (χ1v) is 4.85. The molecule has 1 aliphatic heterocycles. The van der Waals surface area contributed by atoms with Crippen molar-refractivity contribution in [3.8, 4) is 0 Å². The Bertz CT molecular complexity index is 276. The van der Waals surface area contributed by atoms with Gasteiger partial charge in [0.05, 0.1) is 0 Å². The second-order valence-corrected chi connectivity index (χ2v) is 3.53. The van der Waals surface area contributed by atoms with E-state index in [9.17, 15) is 0 Å². The van der Waals surface area contributed by atoms with E-state index in [1.54, 1.807) is 12.4 Å². The van der Waals surface area contributed by atoms with E-state index in [1.807, 2.05) is 6.07 Å². The van der Waals surface area contributed by atoms with Gasteiger partial charge in [-0.05, 0) is 13.0 Å². The number of anilines is 1.